The fraction of sp³-hybridized carbons (Fsp3) is 1.00. The maximum Gasteiger partial charge on any atom is 0.345 e. The lowest BCUT2D eigenvalue weighted by molar-refractivity contribution is 0.194. The molecule has 0 N–H and O–H groups in total. The van der Waals surface area contributed by atoms with E-state index in [0.29, 0.717) is 6.42 Å². The van der Waals surface area contributed by atoms with E-state index >= 15 is 0 Å². The molecule has 0 aromatic heterocycles. The smallest absolute Gasteiger partial charge is 0.308 e. The number of hydrogen-bond acceptors (Lipinski definition) is 6. The van der Waals surface area contributed by atoms with Gasteiger partial charge in [0.2, 0.25) is 0 Å². The van der Waals surface area contributed by atoms with Gasteiger partial charge in [-0.2, -0.15) is 0 Å². The number of hydrogen-bond donors (Lipinski definition) is 0. The normalized spacial score (nSPS) is 13.2. The van der Waals surface area contributed by atoms with Crippen LogP contribution in [0.2, 0.25) is 0 Å². The minimum Gasteiger partial charge on any atom is -0.308 e. The van der Waals surface area contributed by atoms with Crippen molar-refractivity contribution in [3.05, 3.63) is 0 Å². The number of rotatable bonds is 11. The van der Waals surface area contributed by atoms with Crippen molar-refractivity contribution in [2.75, 3.05) is 26.4 Å². The highest BCUT2D eigenvalue weighted by Crippen LogP contribution is 2.71. The van der Waals surface area contributed by atoms with Crippen LogP contribution in [0.1, 0.15) is 41.0 Å². The summed E-state index contributed by atoms with van der Waals surface area (Å²) >= 11 is 0. The summed E-state index contributed by atoms with van der Waals surface area (Å²) < 4.78 is 46.6. The Bertz CT molecular complexity index is 283. The maximum atomic E-state index is 12.8. The molecule has 0 bridgehead atoms. The van der Waals surface area contributed by atoms with Gasteiger partial charge in [0, 0.05) is 0 Å². The summed E-state index contributed by atoms with van der Waals surface area (Å²) in [5.74, 6) is 0. The van der Waals surface area contributed by atoms with Crippen LogP contribution in [0, 0.1) is 0 Å². The lowest BCUT2D eigenvalue weighted by Crippen LogP contribution is -2.17. The summed E-state index contributed by atoms with van der Waals surface area (Å²) in [6.07, 6.45) is 0.328. The van der Waals surface area contributed by atoms with Crippen LogP contribution in [0.4, 0.5) is 0 Å². The van der Waals surface area contributed by atoms with Gasteiger partial charge in [0.1, 0.15) is 0 Å². The van der Waals surface area contributed by atoms with E-state index in [-0.39, 0.29) is 26.4 Å². The molecular formula is C11H26O6P2. The van der Waals surface area contributed by atoms with Crippen LogP contribution in [0.25, 0.3) is 0 Å². The molecule has 0 aliphatic rings. The monoisotopic (exact) mass is 316 g/mol. The third kappa shape index (κ3) is 5.30. The van der Waals surface area contributed by atoms with Crippen LogP contribution < -0.4 is 0 Å². The van der Waals surface area contributed by atoms with E-state index in [1.165, 1.54) is 0 Å². The van der Waals surface area contributed by atoms with Crippen molar-refractivity contribution in [1.82, 2.24) is 0 Å². The highest BCUT2D eigenvalue weighted by Gasteiger charge is 2.49. The molecule has 0 spiro atoms. The van der Waals surface area contributed by atoms with Crippen molar-refractivity contribution in [2.45, 2.75) is 46.4 Å². The van der Waals surface area contributed by atoms with Crippen LogP contribution in [0.5, 0.6) is 0 Å². The summed E-state index contributed by atoms with van der Waals surface area (Å²) in [6.45, 7) is 9.47. The van der Waals surface area contributed by atoms with E-state index in [2.05, 4.69) is 0 Å². The Balaban J connectivity index is 5.41. The Hall–Kier alpha value is 0.300. The zero-order valence-corrected chi connectivity index (χ0v) is 14.2. The molecule has 116 valence electrons. The van der Waals surface area contributed by atoms with E-state index in [4.69, 9.17) is 18.1 Å². The summed E-state index contributed by atoms with van der Waals surface area (Å²) in [5, 5.41) is -0.889. The predicted molar refractivity (Wildman–Crippen MR) is 75.8 cm³/mol. The van der Waals surface area contributed by atoms with Crippen molar-refractivity contribution in [2.24, 2.45) is 0 Å². The second-order valence-corrected chi connectivity index (χ2v) is 8.49. The molecule has 0 aromatic rings. The van der Waals surface area contributed by atoms with E-state index in [0.717, 1.165) is 0 Å². The summed E-state index contributed by atoms with van der Waals surface area (Å²) in [7, 11) is -7.05. The molecule has 0 unspecified atom stereocenters. The molecule has 0 saturated heterocycles. The van der Waals surface area contributed by atoms with Gasteiger partial charge in [-0.1, -0.05) is 6.92 Å². The van der Waals surface area contributed by atoms with Gasteiger partial charge in [-0.05, 0) is 34.1 Å². The molecule has 6 nitrogen and oxygen atoms in total. The first kappa shape index (κ1) is 19.3. The van der Waals surface area contributed by atoms with Crippen LogP contribution in [-0.2, 0) is 27.2 Å². The third-order valence-electron chi connectivity index (χ3n) is 2.33. The van der Waals surface area contributed by atoms with Gasteiger partial charge in [0.15, 0.2) is 5.40 Å². The summed E-state index contributed by atoms with van der Waals surface area (Å²) in [6, 6.07) is 0. The molecule has 0 aliphatic carbocycles. The second-order valence-electron chi connectivity index (χ2n) is 3.64. The summed E-state index contributed by atoms with van der Waals surface area (Å²) in [5.41, 5.74) is 0. The second kappa shape index (κ2) is 9.28. The van der Waals surface area contributed by atoms with Crippen LogP contribution in [0.15, 0.2) is 0 Å². The molecule has 0 saturated carbocycles. The average molecular weight is 316 g/mol. The Labute approximate surface area is 116 Å². The molecule has 0 aliphatic heterocycles. The Kier molecular flexibility index (Phi) is 9.42. The zero-order valence-electron chi connectivity index (χ0n) is 12.5. The van der Waals surface area contributed by atoms with Crippen molar-refractivity contribution >= 4 is 15.2 Å². The molecule has 0 radical (unpaired) electrons. The molecule has 0 fully saturated rings. The van der Waals surface area contributed by atoms with Crippen LogP contribution in [0.3, 0.4) is 0 Å². The first-order valence-corrected chi connectivity index (χ1v) is 9.93. The highest BCUT2D eigenvalue weighted by molar-refractivity contribution is 7.72. The minimum atomic E-state index is -3.52. The molecule has 19 heavy (non-hydrogen) atoms. The SMILES string of the molecule is CCOP(=O)(OCC)C(CC)P(=O)(OCC)OCC. The van der Waals surface area contributed by atoms with E-state index in [1.54, 1.807) is 34.6 Å². The lowest BCUT2D eigenvalue weighted by Gasteiger charge is -2.30. The van der Waals surface area contributed by atoms with Gasteiger partial charge < -0.3 is 18.1 Å². The van der Waals surface area contributed by atoms with E-state index in [9.17, 15) is 9.13 Å². The molecule has 8 heteroatoms. The third-order valence-corrected chi connectivity index (χ3v) is 8.69. The fourth-order valence-corrected chi connectivity index (χ4v) is 7.12. The standard InChI is InChI=1S/C11H26O6P2/c1-6-11(18(12,14-7-2)15-8-3)19(13,16-9-4)17-10-5/h11H,6-10H2,1-5H3. The van der Waals surface area contributed by atoms with E-state index < -0.39 is 20.6 Å². The molecule has 0 atom stereocenters. The lowest BCUT2D eigenvalue weighted by atomic mass is 10.6. The average Bonchev–Trinajstić information content (AvgIpc) is 2.30. The van der Waals surface area contributed by atoms with Crippen molar-refractivity contribution in [1.29, 1.82) is 0 Å². The molecule has 0 rings (SSSR count). The predicted octanol–water partition coefficient (Wildman–Crippen LogP) is 4.25. The quantitative estimate of drug-likeness (QED) is 0.531. The largest absolute Gasteiger partial charge is 0.345 e. The van der Waals surface area contributed by atoms with Crippen LogP contribution in [-0.4, -0.2) is 31.8 Å². The molecule has 0 aromatic carbocycles. The Morgan fingerprint density at radius 3 is 1.11 bits per heavy atom. The van der Waals surface area contributed by atoms with Crippen molar-refractivity contribution in [3.63, 3.8) is 0 Å². The van der Waals surface area contributed by atoms with Gasteiger partial charge in [0.05, 0.1) is 26.4 Å². The minimum absolute atomic E-state index is 0.214. The van der Waals surface area contributed by atoms with Crippen molar-refractivity contribution in [3.8, 4) is 0 Å². The molecular weight excluding hydrogens is 290 g/mol. The Morgan fingerprint density at radius 2 is 0.947 bits per heavy atom. The van der Waals surface area contributed by atoms with Gasteiger partial charge in [0.25, 0.3) is 0 Å². The van der Waals surface area contributed by atoms with E-state index in [1.807, 2.05) is 0 Å². The first-order chi connectivity index (χ1) is 8.94. The van der Waals surface area contributed by atoms with Gasteiger partial charge in [-0.15, -0.1) is 0 Å². The van der Waals surface area contributed by atoms with Crippen LogP contribution >= 0.6 is 15.2 Å². The fourth-order valence-electron chi connectivity index (χ4n) is 1.76. The van der Waals surface area contributed by atoms with Gasteiger partial charge in [-0.25, -0.2) is 0 Å². The van der Waals surface area contributed by atoms with Gasteiger partial charge in [-0.3, -0.25) is 9.13 Å². The summed E-state index contributed by atoms with van der Waals surface area (Å²) in [4.78, 5) is 0. The molecule has 0 heterocycles. The van der Waals surface area contributed by atoms with Crippen molar-refractivity contribution < 1.29 is 27.2 Å². The topological polar surface area (TPSA) is 71.1 Å². The Morgan fingerprint density at radius 1 is 0.684 bits per heavy atom. The molecule has 0 amide bonds. The maximum absolute atomic E-state index is 12.8. The zero-order chi connectivity index (χ0) is 14.9. The van der Waals surface area contributed by atoms with Gasteiger partial charge >= 0.3 is 15.2 Å². The highest BCUT2D eigenvalue weighted by atomic mass is 31.2. The first-order valence-electron chi connectivity index (χ1n) is 6.71.